The summed E-state index contributed by atoms with van der Waals surface area (Å²) in [6.45, 7) is 3.82. The van der Waals surface area contributed by atoms with Crippen LogP contribution in [0.15, 0.2) is 64.6 Å². The van der Waals surface area contributed by atoms with E-state index in [0.717, 1.165) is 16.8 Å². The molecule has 6 nitrogen and oxygen atoms in total. The average Bonchev–Trinajstić information content (AvgIpc) is 2.59. The Hall–Kier alpha value is -3.30. The van der Waals surface area contributed by atoms with E-state index in [9.17, 15) is 5.26 Å². The molecule has 27 heavy (non-hydrogen) atoms. The number of anilines is 1. The minimum absolute atomic E-state index is 0. The van der Waals surface area contributed by atoms with Gasteiger partial charge in [-0.2, -0.15) is 10.3 Å². The van der Waals surface area contributed by atoms with Gasteiger partial charge in [-0.15, -0.1) is 12.4 Å². The van der Waals surface area contributed by atoms with Gasteiger partial charge in [-0.25, -0.2) is 4.99 Å². The van der Waals surface area contributed by atoms with Crippen LogP contribution in [0.25, 0.3) is 11.6 Å². The molecule has 0 aromatic heterocycles. The fourth-order valence-corrected chi connectivity index (χ4v) is 2.97. The molecule has 1 heterocycles. The lowest BCUT2D eigenvalue weighted by molar-refractivity contribution is 0.534. The summed E-state index contributed by atoms with van der Waals surface area (Å²) < 4.78 is 0. The lowest BCUT2D eigenvalue weighted by Gasteiger charge is -2.38. The first-order chi connectivity index (χ1) is 12.4. The van der Waals surface area contributed by atoms with Crippen LogP contribution in [0.3, 0.4) is 0 Å². The quantitative estimate of drug-likeness (QED) is 0.629. The smallest absolute Gasteiger partial charge is 0.220 e. The van der Waals surface area contributed by atoms with Crippen molar-refractivity contribution >= 4 is 41.7 Å². The van der Waals surface area contributed by atoms with Gasteiger partial charge >= 0.3 is 0 Å². The van der Waals surface area contributed by atoms with E-state index in [2.05, 4.69) is 16.1 Å². The topological polar surface area (TPSA) is 104 Å². The van der Waals surface area contributed by atoms with Gasteiger partial charge in [0.1, 0.15) is 5.66 Å². The van der Waals surface area contributed by atoms with E-state index >= 15 is 0 Å². The van der Waals surface area contributed by atoms with Gasteiger partial charge in [0.2, 0.25) is 11.9 Å². The molecule has 1 aliphatic heterocycles. The Kier molecular flexibility index (Phi) is 5.88. The number of allylic oxidation sites excluding steroid dienone is 1. The van der Waals surface area contributed by atoms with Crippen molar-refractivity contribution in [3.63, 3.8) is 0 Å². The van der Waals surface area contributed by atoms with Crippen LogP contribution in [-0.4, -0.2) is 17.6 Å². The van der Waals surface area contributed by atoms with Crippen LogP contribution in [-0.2, 0) is 0 Å². The summed E-state index contributed by atoms with van der Waals surface area (Å²) >= 11 is 0. The summed E-state index contributed by atoms with van der Waals surface area (Å²) in [6.07, 6.45) is 1.85. The van der Waals surface area contributed by atoms with Gasteiger partial charge in [0.15, 0.2) is 0 Å². The Balaban J connectivity index is 0.00000261. The highest BCUT2D eigenvalue weighted by molar-refractivity contribution is 6.05. The van der Waals surface area contributed by atoms with Crippen LogP contribution in [0.1, 0.15) is 25.0 Å². The third kappa shape index (κ3) is 4.27. The van der Waals surface area contributed by atoms with Crippen LogP contribution < -0.4 is 16.4 Å². The fraction of sp³-hybridized carbons (Fsp3) is 0.150. The predicted octanol–water partition coefficient (Wildman–Crippen LogP) is 3.36. The van der Waals surface area contributed by atoms with Crippen molar-refractivity contribution < 1.29 is 0 Å². The molecule has 7 heteroatoms. The number of nitriles is 1. The normalized spacial score (nSPS) is 15.9. The number of halogens is 1. The van der Waals surface area contributed by atoms with Crippen molar-refractivity contribution in [2.75, 3.05) is 4.90 Å². The van der Waals surface area contributed by atoms with Gasteiger partial charge in [-0.1, -0.05) is 42.5 Å². The molecule has 0 saturated heterocycles. The molecule has 2 aromatic carbocycles. The molecule has 138 valence electrons. The molecule has 3 rings (SSSR count). The van der Waals surface area contributed by atoms with E-state index in [1.165, 1.54) is 0 Å². The molecule has 0 spiro atoms. The number of aliphatic imine (C=N–C) groups is 2. The molecule has 2 aromatic rings. The molecule has 0 atom stereocenters. The molecule has 0 unspecified atom stereocenters. The zero-order chi connectivity index (χ0) is 18.7. The van der Waals surface area contributed by atoms with Gasteiger partial charge in [-0.05, 0) is 43.2 Å². The third-order valence-corrected chi connectivity index (χ3v) is 4.04. The van der Waals surface area contributed by atoms with Gasteiger partial charge in [0.25, 0.3) is 0 Å². The zero-order valence-electron chi connectivity index (χ0n) is 15.1. The number of hydrogen-bond acceptors (Lipinski definition) is 6. The van der Waals surface area contributed by atoms with E-state index in [1.54, 1.807) is 0 Å². The number of guanidine groups is 2. The highest BCUT2D eigenvalue weighted by Crippen LogP contribution is 2.29. The van der Waals surface area contributed by atoms with Crippen LogP contribution in [0.5, 0.6) is 0 Å². The third-order valence-electron chi connectivity index (χ3n) is 4.04. The van der Waals surface area contributed by atoms with Crippen molar-refractivity contribution in [1.82, 2.24) is 0 Å². The molecule has 0 saturated carbocycles. The maximum atomic E-state index is 9.51. The number of rotatable bonds is 3. The Morgan fingerprint density at radius 2 is 1.81 bits per heavy atom. The first-order valence-electron chi connectivity index (χ1n) is 8.18. The highest BCUT2D eigenvalue weighted by atomic mass is 35.5. The second-order valence-corrected chi connectivity index (χ2v) is 6.40. The lowest BCUT2D eigenvalue weighted by Crippen LogP contribution is -2.54. The maximum Gasteiger partial charge on any atom is 0.220 e. The molecule has 0 fully saturated rings. The van der Waals surface area contributed by atoms with Crippen LogP contribution in [0, 0.1) is 11.3 Å². The van der Waals surface area contributed by atoms with E-state index in [1.807, 2.05) is 79.4 Å². The standard InChI is InChI=1S/C20H20N6.ClH/c1-20(2)25-18(22)24-19(23)26(20)17-10-6-7-14(12-17)11-16(13-21)15-8-4-3-5-9-15;/h3-12H,1-2H3,(H4,22,23,24,25);1H/b16-11+;. The van der Waals surface area contributed by atoms with Crippen molar-refractivity contribution in [2.24, 2.45) is 21.5 Å². The summed E-state index contributed by atoms with van der Waals surface area (Å²) in [6, 6.07) is 19.5. The number of hydrogen-bond donors (Lipinski definition) is 2. The molecule has 0 amide bonds. The average molecular weight is 381 g/mol. The largest absolute Gasteiger partial charge is 0.369 e. The lowest BCUT2D eigenvalue weighted by atomic mass is 10.0. The van der Waals surface area contributed by atoms with Crippen LogP contribution in [0.2, 0.25) is 0 Å². The van der Waals surface area contributed by atoms with Gasteiger partial charge in [-0.3, -0.25) is 4.90 Å². The number of benzene rings is 2. The van der Waals surface area contributed by atoms with E-state index in [-0.39, 0.29) is 24.3 Å². The Morgan fingerprint density at radius 1 is 1.11 bits per heavy atom. The van der Waals surface area contributed by atoms with E-state index in [0.29, 0.717) is 5.57 Å². The molecule has 0 radical (unpaired) electrons. The monoisotopic (exact) mass is 380 g/mol. The molecular formula is C20H21ClN6. The molecule has 4 N–H and O–H groups in total. The molecular weight excluding hydrogens is 360 g/mol. The van der Waals surface area contributed by atoms with Crippen molar-refractivity contribution in [3.05, 3.63) is 65.7 Å². The van der Waals surface area contributed by atoms with Crippen molar-refractivity contribution in [3.8, 4) is 6.07 Å². The molecule has 1 aliphatic rings. The fourth-order valence-electron chi connectivity index (χ4n) is 2.97. The number of nitrogens with zero attached hydrogens (tertiary/aromatic N) is 4. The van der Waals surface area contributed by atoms with Gasteiger partial charge in [0, 0.05) is 5.69 Å². The van der Waals surface area contributed by atoms with Crippen LogP contribution in [0.4, 0.5) is 5.69 Å². The summed E-state index contributed by atoms with van der Waals surface area (Å²) in [4.78, 5) is 10.2. The second-order valence-electron chi connectivity index (χ2n) is 6.40. The summed E-state index contributed by atoms with van der Waals surface area (Å²) in [5.74, 6) is 0.447. The maximum absolute atomic E-state index is 9.51. The first-order valence-corrected chi connectivity index (χ1v) is 8.18. The zero-order valence-corrected chi connectivity index (χ0v) is 15.9. The van der Waals surface area contributed by atoms with Crippen molar-refractivity contribution in [1.29, 1.82) is 5.26 Å². The summed E-state index contributed by atoms with van der Waals surface area (Å²) in [5, 5.41) is 9.51. The van der Waals surface area contributed by atoms with Crippen LogP contribution >= 0.6 is 12.4 Å². The SMILES string of the molecule is CC1(C)N=C(N)N=C(N)N1c1cccc(/C=C(\C#N)c2ccccc2)c1.Cl. The molecule has 0 aliphatic carbocycles. The Bertz CT molecular complexity index is 954. The minimum atomic E-state index is -0.657. The highest BCUT2D eigenvalue weighted by Gasteiger charge is 2.32. The Labute approximate surface area is 164 Å². The predicted molar refractivity (Wildman–Crippen MR) is 113 cm³/mol. The van der Waals surface area contributed by atoms with E-state index < -0.39 is 5.66 Å². The van der Waals surface area contributed by atoms with Gasteiger partial charge in [0.05, 0.1) is 11.6 Å². The second kappa shape index (κ2) is 7.94. The Morgan fingerprint density at radius 3 is 2.44 bits per heavy atom. The summed E-state index contributed by atoms with van der Waals surface area (Å²) in [7, 11) is 0. The van der Waals surface area contributed by atoms with Crippen molar-refractivity contribution in [2.45, 2.75) is 19.5 Å². The first kappa shape index (κ1) is 20.0. The minimum Gasteiger partial charge on any atom is -0.369 e. The van der Waals surface area contributed by atoms with E-state index in [4.69, 9.17) is 11.5 Å². The number of nitrogens with two attached hydrogens (primary N) is 2. The molecule has 0 bridgehead atoms. The van der Waals surface area contributed by atoms with Gasteiger partial charge < -0.3 is 11.5 Å². The summed E-state index contributed by atoms with van der Waals surface area (Å²) in [5.41, 5.74) is 14.3.